The number of anilines is 1. The Bertz CT molecular complexity index is 883. The summed E-state index contributed by atoms with van der Waals surface area (Å²) in [6.45, 7) is 2.52. The van der Waals surface area contributed by atoms with Crippen LogP contribution >= 0.6 is 11.6 Å². The third kappa shape index (κ3) is 4.85. The van der Waals surface area contributed by atoms with E-state index in [-0.39, 0.29) is 29.7 Å². The molecule has 3 rings (SSSR count). The molecule has 1 fully saturated rings. The van der Waals surface area contributed by atoms with Gasteiger partial charge >= 0.3 is 0 Å². The summed E-state index contributed by atoms with van der Waals surface area (Å²) in [7, 11) is 0. The lowest BCUT2D eigenvalue weighted by Crippen LogP contribution is -3.15. The zero-order valence-corrected chi connectivity index (χ0v) is 15.8. The second kappa shape index (κ2) is 8.81. The van der Waals surface area contributed by atoms with Crippen LogP contribution in [0.25, 0.3) is 0 Å². The van der Waals surface area contributed by atoms with Crippen LogP contribution in [0.15, 0.2) is 48.5 Å². The smallest absolute Gasteiger partial charge is 0.292 e. The summed E-state index contributed by atoms with van der Waals surface area (Å²) in [6.07, 6.45) is 0. The first-order valence-corrected chi connectivity index (χ1v) is 9.23. The van der Waals surface area contributed by atoms with Gasteiger partial charge in [0.2, 0.25) is 0 Å². The minimum absolute atomic E-state index is 0.0151. The van der Waals surface area contributed by atoms with Crippen molar-refractivity contribution < 1.29 is 19.4 Å². The van der Waals surface area contributed by atoms with Crippen LogP contribution in [0.2, 0.25) is 5.02 Å². The molecule has 2 amide bonds. The standard InChI is InChI=1S/C19H19ClN4O4/c20-15-6-7-17(24(27)28)16(12-15)21-18(25)13-22-8-10-23(11-9-22)19(26)14-4-2-1-3-5-14/h1-7,12H,8-11,13H2,(H,21,25)/p+1. The van der Waals surface area contributed by atoms with Gasteiger partial charge in [0.1, 0.15) is 5.69 Å². The van der Waals surface area contributed by atoms with E-state index in [0.29, 0.717) is 36.8 Å². The van der Waals surface area contributed by atoms with Crippen molar-refractivity contribution in [3.63, 3.8) is 0 Å². The van der Waals surface area contributed by atoms with Gasteiger partial charge in [-0.15, -0.1) is 0 Å². The molecule has 8 nitrogen and oxygen atoms in total. The highest BCUT2D eigenvalue weighted by Gasteiger charge is 2.26. The average Bonchev–Trinajstić information content (AvgIpc) is 2.68. The van der Waals surface area contributed by atoms with Gasteiger partial charge in [-0.05, 0) is 24.3 Å². The van der Waals surface area contributed by atoms with E-state index in [1.165, 1.54) is 18.2 Å². The molecule has 1 saturated heterocycles. The number of amides is 2. The van der Waals surface area contributed by atoms with Gasteiger partial charge in [0, 0.05) is 16.7 Å². The van der Waals surface area contributed by atoms with Gasteiger partial charge in [0.15, 0.2) is 6.54 Å². The highest BCUT2D eigenvalue weighted by molar-refractivity contribution is 6.31. The Balaban J connectivity index is 1.54. The second-order valence-corrected chi connectivity index (χ2v) is 6.99. The molecule has 0 unspecified atom stereocenters. The first-order chi connectivity index (χ1) is 13.4. The minimum atomic E-state index is -0.563. The van der Waals surface area contributed by atoms with E-state index < -0.39 is 4.92 Å². The lowest BCUT2D eigenvalue weighted by atomic mass is 10.2. The first kappa shape index (κ1) is 19.8. The fraction of sp³-hybridized carbons (Fsp3) is 0.263. The van der Waals surface area contributed by atoms with Gasteiger partial charge in [0.25, 0.3) is 17.5 Å². The zero-order valence-electron chi connectivity index (χ0n) is 15.1. The molecule has 1 aliphatic heterocycles. The zero-order chi connectivity index (χ0) is 20.1. The summed E-state index contributed by atoms with van der Waals surface area (Å²) in [5, 5.41) is 14.0. The van der Waals surface area contributed by atoms with E-state index in [1.807, 2.05) is 18.2 Å². The number of carbonyl (C=O) groups excluding carboxylic acids is 2. The number of hydrogen-bond donors (Lipinski definition) is 2. The third-order valence-electron chi connectivity index (χ3n) is 4.62. The van der Waals surface area contributed by atoms with Gasteiger partial charge in [-0.3, -0.25) is 19.7 Å². The maximum absolute atomic E-state index is 12.5. The van der Waals surface area contributed by atoms with Gasteiger partial charge in [-0.25, -0.2) is 0 Å². The van der Waals surface area contributed by atoms with Crippen molar-refractivity contribution in [2.24, 2.45) is 0 Å². The van der Waals surface area contributed by atoms with E-state index in [2.05, 4.69) is 5.32 Å². The summed E-state index contributed by atoms with van der Waals surface area (Å²) in [4.78, 5) is 38.1. The van der Waals surface area contributed by atoms with Crippen molar-refractivity contribution in [3.8, 4) is 0 Å². The average molecular weight is 404 g/mol. The highest BCUT2D eigenvalue weighted by atomic mass is 35.5. The molecule has 0 radical (unpaired) electrons. The summed E-state index contributed by atoms with van der Waals surface area (Å²) < 4.78 is 0. The molecule has 0 spiro atoms. The van der Waals surface area contributed by atoms with Crippen molar-refractivity contribution >= 4 is 34.8 Å². The van der Waals surface area contributed by atoms with Crippen molar-refractivity contribution in [2.45, 2.75) is 0 Å². The number of quaternary nitrogens is 1. The maximum Gasteiger partial charge on any atom is 0.292 e. The Morgan fingerprint density at radius 2 is 1.82 bits per heavy atom. The molecule has 1 aliphatic rings. The van der Waals surface area contributed by atoms with Crippen molar-refractivity contribution in [1.29, 1.82) is 0 Å². The van der Waals surface area contributed by atoms with E-state index in [4.69, 9.17) is 11.6 Å². The molecule has 28 heavy (non-hydrogen) atoms. The number of hydrogen-bond acceptors (Lipinski definition) is 4. The molecular formula is C19H20ClN4O4+. The Kier molecular flexibility index (Phi) is 6.23. The molecule has 0 aromatic heterocycles. The van der Waals surface area contributed by atoms with Crippen LogP contribution in [0.4, 0.5) is 11.4 Å². The molecule has 9 heteroatoms. The number of nitro benzene ring substituents is 1. The number of rotatable bonds is 5. The number of piperazine rings is 1. The molecule has 2 aromatic carbocycles. The summed E-state index contributed by atoms with van der Waals surface area (Å²) in [5.41, 5.74) is 0.530. The monoisotopic (exact) mass is 403 g/mol. The summed E-state index contributed by atoms with van der Waals surface area (Å²) in [6, 6.07) is 13.1. The second-order valence-electron chi connectivity index (χ2n) is 6.55. The van der Waals surface area contributed by atoms with Crippen LogP contribution in [0, 0.1) is 10.1 Å². The Morgan fingerprint density at radius 3 is 2.46 bits per heavy atom. The first-order valence-electron chi connectivity index (χ1n) is 8.85. The molecule has 146 valence electrons. The summed E-state index contributed by atoms with van der Waals surface area (Å²) >= 11 is 5.88. The van der Waals surface area contributed by atoms with E-state index in [1.54, 1.807) is 17.0 Å². The van der Waals surface area contributed by atoms with Gasteiger partial charge in [-0.2, -0.15) is 0 Å². The normalized spacial score (nSPS) is 14.5. The minimum Gasteiger partial charge on any atom is -0.327 e. The fourth-order valence-electron chi connectivity index (χ4n) is 3.16. The SMILES string of the molecule is O=C(C[NH+]1CCN(C(=O)c2ccccc2)CC1)Nc1cc(Cl)ccc1[N+](=O)[O-]. The summed E-state index contributed by atoms with van der Waals surface area (Å²) in [5.74, 6) is -0.346. The predicted molar refractivity (Wildman–Crippen MR) is 105 cm³/mol. The fourth-order valence-corrected chi connectivity index (χ4v) is 3.33. The van der Waals surface area contributed by atoms with Crippen molar-refractivity contribution in [3.05, 3.63) is 69.2 Å². The van der Waals surface area contributed by atoms with Crippen LogP contribution in [0.1, 0.15) is 10.4 Å². The number of nitrogens with one attached hydrogen (secondary N) is 2. The number of carbonyl (C=O) groups is 2. The lowest BCUT2D eigenvalue weighted by Gasteiger charge is -2.31. The Labute approximate surface area is 166 Å². The molecule has 0 aliphatic carbocycles. The van der Waals surface area contributed by atoms with Crippen LogP contribution in [-0.4, -0.2) is 54.4 Å². The molecule has 0 bridgehead atoms. The molecule has 0 atom stereocenters. The number of halogens is 1. The van der Waals surface area contributed by atoms with Gasteiger partial charge < -0.3 is 15.1 Å². The van der Waals surface area contributed by atoms with Crippen LogP contribution < -0.4 is 10.2 Å². The van der Waals surface area contributed by atoms with Crippen LogP contribution in [-0.2, 0) is 4.79 Å². The highest BCUT2D eigenvalue weighted by Crippen LogP contribution is 2.27. The number of nitro groups is 1. The molecule has 2 N–H and O–H groups in total. The lowest BCUT2D eigenvalue weighted by molar-refractivity contribution is -0.895. The molecule has 1 heterocycles. The van der Waals surface area contributed by atoms with Crippen molar-refractivity contribution in [1.82, 2.24) is 4.90 Å². The quantitative estimate of drug-likeness (QED) is 0.579. The largest absolute Gasteiger partial charge is 0.327 e. The van der Waals surface area contributed by atoms with Crippen LogP contribution in [0.5, 0.6) is 0 Å². The molecular weight excluding hydrogens is 384 g/mol. The Hall–Kier alpha value is -2.97. The molecule has 2 aromatic rings. The topological polar surface area (TPSA) is 97.0 Å². The maximum atomic E-state index is 12.5. The predicted octanol–water partition coefficient (Wildman–Crippen LogP) is 1.23. The molecule has 0 saturated carbocycles. The third-order valence-corrected chi connectivity index (χ3v) is 4.85. The number of benzene rings is 2. The number of nitrogens with zero attached hydrogens (tertiary/aromatic N) is 2. The van der Waals surface area contributed by atoms with Gasteiger partial charge in [0.05, 0.1) is 31.1 Å². The van der Waals surface area contributed by atoms with E-state index in [0.717, 1.165) is 4.90 Å². The van der Waals surface area contributed by atoms with Crippen LogP contribution in [0.3, 0.4) is 0 Å². The van der Waals surface area contributed by atoms with E-state index >= 15 is 0 Å². The van der Waals surface area contributed by atoms with Crippen molar-refractivity contribution in [2.75, 3.05) is 38.0 Å². The Morgan fingerprint density at radius 1 is 1.14 bits per heavy atom. The van der Waals surface area contributed by atoms with Gasteiger partial charge in [-0.1, -0.05) is 29.8 Å². The van der Waals surface area contributed by atoms with E-state index in [9.17, 15) is 19.7 Å².